The van der Waals surface area contributed by atoms with E-state index in [0.29, 0.717) is 17.8 Å². The van der Waals surface area contributed by atoms with Gasteiger partial charge in [0.05, 0.1) is 17.9 Å². The lowest BCUT2D eigenvalue weighted by atomic mass is 10.2. The summed E-state index contributed by atoms with van der Waals surface area (Å²) in [5.41, 5.74) is 1.13. The molecule has 0 fully saturated rings. The normalized spacial score (nSPS) is 9.70. The zero-order valence-corrected chi connectivity index (χ0v) is 11.8. The maximum absolute atomic E-state index is 12.2. The number of hydrogen-bond donors (Lipinski definition) is 0. The Bertz CT molecular complexity index is 549. The molecule has 0 saturated heterocycles. The Kier molecular flexibility index (Phi) is 5.66. The molecule has 1 amide bonds. The van der Waals surface area contributed by atoms with Crippen LogP contribution < -0.4 is 0 Å². The van der Waals surface area contributed by atoms with Crippen molar-refractivity contribution >= 4 is 11.9 Å². The Morgan fingerprint density at radius 3 is 2.60 bits per heavy atom. The standard InChI is InChI=1S/C14H17N3O3/c1-4-17(9-13(18)20-5-2)14(19)12-7-6-11(8-15)10(3)16-12/h6-7H,4-5,9H2,1-3H3. The predicted molar refractivity (Wildman–Crippen MR) is 71.9 cm³/mol. The van der Waals surface area contributed by atoms with Crippen molar-refractivity contribution in [3.63, 3.8) is 0 Å². The first-order chi connectivity index (χ1) is 9.53. The fraction of sp³-hybridized carbons (Fsp3) is 0.429. The van der Waals surface area contributed by atoms with Crippen LogP contribution in [-0.4, -0.2) is 41.5 Å². The maximum Gasteiger partial charge on any atom is 0.325 e. The number of rotatable bonds is 5. The molecule has 1 heterocycles. The molecule has 0 saturated carbocycles. The predicted octanol–water partition coefficient (Wildman–Crippen LogP) is 1.29. The van der Waals surface area contributed by atoms with E-state index < -0.39 is 5.97 Å². The summed E-state index contributed by atoms with van der Waals surface area (Å²) in [6.45, 7) is 5.69. The first kappa shape index (κ1) is 15.6. The van der Waals surface area contributed by atoms with Gasteiger partial charge in [0, 0.05) is 6.54 Å². The molecule has 0 aliphatic rings. The minimum absolute atomic E-state index is 0.107. The Labute approximate surface area is 118 Å². The minimum atomic E-state index is -0.451. The number of ether oxygens (including phenoxy) is 1. The van der Waals surface area contributed by atoms with Crippen molar-refractivity contribution in [3.05, 3.63) is 29.1 Å². The lowest BCUT2D eigenvalue weighted by Crippen LogP contribution is -2.36. The average molecular weight is 275 g/mol. The summed E-state index contributed by atoms with van der Waals surface area (Å²) < 4.78 is 4.82. The van der Waals surface area contributed by atoms with Crippen LogP contribution in [0.2, 0.25) is 0 Å². The second kappa shape index (κ2) is 7.24. The Morgan fingerprint density at radius 2 is 2.10 bits per heavy atom. The third-order valence-corrected chi connectivity index (χ3v) is 2.72. The number of hydrogen-bond acceptors (Lipinski definition) is 5. The van der Waals surface area contributed by atoms with Crippen LogP contribution in [0.3, 0.4) is 0 Å². The fourth-order valence-corrected chi connectivity index (χ4v) is 1.65. The highest BCUT2D eigenvalue weighted by Gasteiger charge is 2.19. The number of nitrogens with zero attached hydrogens (tertiary/aromatic N) is 3. The molecule has 0 atom stereocenters. The summed E-state index contributed by atoms with van der Waals surface area (Å²) in [5, 5.41) is 8.83. The molecular weight excluding hydrogens is 258 g/mol. The van der Waals surface area contributed by atoms with Gasteiger partial charge in [-0.3, -0.25) is 9.59 Å². The van der Waals surface area contributed by atoms with E-state index in [-0.39, 0.29) is 24.8 Å². The summed E-state index contributed by atoms with van der Waals surface area (Å²) in [5.74, 6) is -0.804. The van der Waals surface area contributed by atoms with Gasteiger partial charge in [0.25, 0.3) is 5.91 Å². The van der Waals surface area contributed by atoms with Crippen molar-refractivity contribution < 1.29 is 14.3 Å². The van der Waals surface area contributed by atoms with E-state index in [0.717, 1.165) is 0 Å². The molecule has 6 heteroatoms. The quantitative estimate of drug-likeness (QED) is 0.756. The zero-order valence-electron chi connectivity index (χ0n) is 11.8. The van der Waals surface area contributed by atoms with Gasteiger partial charge < -0.3 is 9.64 Å². The fourth-order valence-electron chi connectivity index (χ4n) is 1.65. The summed E-state index contributed by atoms with van der Waals surface area (Å²) in [7, 11) is 0. The molecule has 20 heavy (non-hydrogen) atoms. The van der Waals surface area contributed by atoms with Gasteiger partial charge >= 0.3 is 5.97 Å². The number of likely N-dealkylation sites (N-methyl/N-ethyl adjacent to an activating group) is 1. The van der Waals surface area contributed by atoms with Crippen molar-refractivity contribution in [3.8, 4) is 6.07 Å². The van der Waals surface area contributed by atoms with E-state index in [4.69, 9.17) is 10.00 Å². The molecule has 1 rings (SSSR count). The molecule has 0 spiro atoms. The maximum atomic E-state index is 12.2. The van der Waals surface area contributed by atoms with Gasteiger partial charge in [0.15, 0.2) is 0 Å². The number of amides is 1. The van der Waals surface area contributed by atoms with Crippen molar-refractivity contribution in [2.45, 2.75) is 20.8 Å². The molecule has 106 valence electrons. The molecule has 0 unspecified atom stereocenters. The smallest absolute Gasteiger partial charge is 0.325 e. The molecule has 1 aromatic heterocycles. The van der Waals surface area contributed by atoms with Crippen LogP contribution in [-0.2, 0) is 9.53 Å². The largest absolute Gasteiger partial charge is 0.465 e. The van der Waals surface area contributed by atoms with E-state index in [1.165, 1.54) is 11.0 Å². The van der Waals surface area contributed by atoms with Crippen molar-refractivity contribution in [1.82, 2.24) is 9.88 Å². The van der Waals surface area contributed by atoms with Gasteiger partial charge in [-0.25, -0.2) is 4.98 Å². The summed E-state index contributed by atoms with van der Waals surface area (Å²) in [4.78, 5) is 29.1. The number of esters is 1. The Morgan fingerprint density at radius 1 is 1.40 bits per heavy atom. The van der Waals surface area contributed by atoms with Crippen LogP contribution in [0.1, 0.15) is 35.6 Å². The molecule has 0 aromatic carbocycles. The highest BCUT2D eigenvalue weighted by atomic mass is 16.5. The van der Waals surface area contributed by atoms with Gasteiger partial charge in [-0.2, -0.15) is 5.26 Å². The average Bonchev–Trinajstić information content (AvgIpc) is 2.44. The number of pyridine rings is 1. The number of nitriles is 1. The summed E-state index contributed by atoms with van der Waals surface area (Å²) in [6, 6.07) is 5.03. The number of carbonyl (C=O) groups excluding carboxylic acids is 2. The molecule has 1 aromatic rings. The molecule has 0 aliphatic heterocycles. The van der Waals surface area contributed by atoms with Crippen molar-refractivity contribution in [1.29, 1.82) is 5.26 Å². The number of aromatic nitrogens is 1. The molecule has 0 aliphatic carbocycles. The minimum Gasteiger partial charge on any atom is -0.465 e. The summed E-state index contributed by atoms with van der Waals surface area (Å²) in [6.07, 6.45) is 0. The lowest BCUT2D eigenvalue weighted by Gasteiger charge is -2.19. The van der Waals surface area contributed by atoms with E-state index in [9.17, 15) is 9.59 Å². The molecular formula is C14H17N3O3. The van der Waals surface area contributed by atoms with E-state index in [1.54, 1.807) is 26.8 Å². The van der Waals surface area contributed by atoms with Crippen LogP contribution in [0, 0.1) is 18.3 Å². The summed E-state index contributed by atoms with van der Waals surface area (Å²) >= 11 is 0. The molecule has 0 radical (unpaired) electrons. The second-order valence-electron chi connectivity index (χ2n) is 4.07. The lowest BCUT2D eigenvalue weighted by molar-refractivity contribution is -0.143. The van der Waals surface area contributed by atoms with E-state index in [2.05, 4.69) is 4.98 Å². The monoisotopic (exact) mass is 275 g/mol. The Hall–Kier alpha value is -2.42. The van der Waals surface area contributed by atoms with Gasteiger partial charge in [0.1, 0.15) is 18.3 Å². The topological polar surface area (TPSA) is 83.3 Å². The van der Waals surface area contributed by atoms with E-state index >= 15 is 0 Å². The van der Waals surface area contributed by atoms with Crippen LogP contribution in [0.4, 0.5) is 0 Å². The zero-order chi connectivity index (χ0) is 15.1. The van der Waals surface area contributed by atoms with Gasteiger partial charge in [-0.15, -0.1) is 0 Å². The van der Waals surface area contributed by atoms with E-state index in [1.807, 2.05) is 6.07 Å². The van der Waals surface area contributed by atoms with Gasteiger partial charge in [0.2, 0.25) is 0 Å². The van der Waals surface area contributed by atoms with Crippen LogP contribution >= 0.6 is 0 Å². The number of carbonyl (C=O) groups is 2. The van der Waals surface area contributed by atoms with Crippen molar-refractivity contribution in [2.24, 2.45) is 0 Å². The highest BCUT2D eigenvalue weighted by molar-refractivity contribution is 5.94. The molecule has 0 bridgehead atoms. The van der Waals surface area contributed by atoms with Crippen molar-refractivity contribution in [2.75, 3.05) is 19.7 Å². The molecule has 0 N–H and O–H groups in total. The third kappa shape index (κ3) is 3.79. The first-order valence-electron chi connectivity index (χ1n) is 6.36. The van der Waals surface area contributed by atoms with Gasteiger partial charge in [-0.05, 0) is 32.9 Å². The van der Waals surface area contributed by atoms with Crippen LogP contribution in [0.15, 0.2) is 12.1 Å². The first-order valence-corrected chi connectivity index (χ1v) is 6.36. The highest BCUT2D eigenvalue weighted by Crippen LogP contribution is 2.08. The third-order valence-electron chi connectivity index (χ3n) is 2.72. The molecule has 6 nitrogen and oxygen atoms in total. The van der Waals surface area contributed by atoms with Gasteiger partial charge in [-0.1, -0.05) is 0 Å². The number of aryl methyl sites for hydroxylation is 1. The Balaban J connectivity index is 2.89. The van der Waals surface area contributed by atoms with Crippen LogP contribution in [0.5, 0.6) is 0 Å². The van der Waals surface area contributed by atoms with Crippen LogP contribution in [0.25, 0.3) is 0 Å². The second-order valence-corrected chi connectivity index (χ2v) is 4.07. The SMILES string of the molecule is CCOC(=O)CN(CC)C(=O)c1ccc(C#N)c(C)n1.